The van der Waals surface area contributed by atoms with Crippen molar-refractivity contribution in [2.75, 3.05) is 13.1 Å². The summed E-state index contributed by atoms with van der Waals surface area (Å²) in [5.41, 5.74) is -2.28. The van der Waals surface area contributed by atoms with Crippen LogP contribution in [-0.2, 0) is 11.0 Å². The summed E-state index contributed by atoms with van der Waals surface area (Å²) >= 11 is 5.48. The van der Waals surface area contributed by atoms with Crippen molar-refractivity contribution < 1.29 is 41.0 Å². The number of amides is 1. The molecule has 11 heteroatoms. The Balaban J connectivity index is 2.38. The van der Waals surface area contributed by atoms with Gasteiger partial charge in [0, 0.05) is 18.1 Å². The number of rotatable bonds is 2. The molecule has 0 bridgehead atoms. The average Bonchev–Trinajstić information content (AvgIpc) is 2.91. The zero-order chi connectivity index (χ0) is 19.2. The highest BCUT2D eigenvalue weighted by Crippen LogP contribution is 2.39. The SMILES string of the molecule is O=C(O)[C@@H]1CN(C(=O)c2ccc(Cl)cc2C(F)(F)F)C[C@H]1C(F)(F)F. The first kappa shape index (κ1) is 19.4. The molecule has 1 heterocycles. The van der Waals surface area contributed by atoms with Crippen molar-refractivity contribution in [2.24, 2.45) is 11.8 Å². The first-order valence-electron chi connectivity index (χ1n) is 6.78. The maximum absolute atomic E-state index is 13.0. The number of benzene rings is 1. The van der Waals surface area contributed by atoms with Gasteiger partial charge in [-0.1, -0.05) is 11.6 Å². The number of carbonyl (C=O) groups is 2. The van der Waals surface area contributed by atoms with Crippen LogP contribution in [0.25, 0.3) is 0 Å². The Morgan fingerprint density at radius 2 is 1.72 bits per heavy atom. The third-order valence-electron chi connectivity index (χ3n) is 3.86. The van der Waals surface area contributed by atoms with Gasteiger partial charge in [0.15, 0.2) is 0 Å². The number of likely N-dealkylation sites (tertiary alicyclic amines) is 1. The largest absolute Gasteiger partial charge is 0.481 e. The topological polar surface area (TPSA) is 57.6 Å². The van der Waals surface area contributed by atoms with Crippen molar-refractivity contribution in [3.8, 4) is 0 Å². The van der Waals surface area contributed by atoms with E-state index < -0.39 is 60.3 Å². The average molecular weight is 390 g/mol. The van der Waals surface area contributed by atoms with Crippen molar-refractivity contribution in [1.29, 1.82) is 0 Å². The van der Waals surface area contributed by atoms with Crippen molar-refractivity contribution in [1.82, 2.24) is 4.90 Å². The first-order valence-corrected chi connectivity index (χ1v) is 7.15. The predicted molar refractivity (Wildman–Crippen MR) is 73.0 cm³/mol. The Morgan fingerprint density at radius 1 is 1.12 bits per heavy atom. The number of carbonyl (C=O) groups excluding carboxylic acids is 1. The van der Waals surface area contributed by atoms with Crippen molar-refractivity contribution >= 4 is 23.5 Å². The van der Waals surface area contributed by atoms with Gasteiger partial charge in [0.1, 0.15) is 0 Å². The van der Waals surface area contributed by atoms with Crippen LogP contribution in [0.2, 0.25) is 5.02 Å². The minimum Gasteiger partial charge on any atom is -0.481 e. The number of hydrogen-bond acceptors (Lipinski definition) is 2. The van der Waals surface area contributed by atoms with Crippen LogP contribution >= 0.6 is 11.6 Å². The lowest BCUT2D eigenvalue weighted by Crippen LogP contribution is -2.34. The fourth-order valence-electron chi connectivity index (χ4n) is 2.66. The summed E-state index contributed by atoms with van der Waals surface area (Å²) in [7, 11) is 0. The second-order valence-corrected chi connectivity index (χ2v) is 5.93. The molecule has 0 spiro atoms. The van der Waals surface area contributed by atoms with Crippen molar-refractivity contribution in [2.45, 2.75) is 12.4 Å². The molecule has 2 atom stereocenters. The number of nitrogens with zero attached hydrogens (tertiary/aromatic N) is 1. The van der Waals surface area contributed by atoms with Crippen molar-refractivity contribution in [3.63, 3.8) is 0 Å². The monoisotopic (exact) mass is 389 g/mol. The summed E-state index contributed by atoms with van der Waals surface area (Å²) in [6, 6.07) is 2.24. The Hall–Kier alpha value is -1.97. The van der Waals surface area contributed by atoms with Gasteiger partial charge in [-0.15, -0.1) is 0 Å². The van der Waals surface area contributed by atoms with E-state index in [4.69, 9.17) is 16.7 Å². The van der Waals surface area contributed by atoms with Crippen LogP contribution in [0.3, 0.4) is 0 Å². The molecule has 1 amide bonds. The van der Waals surface area contributed by atoms with Crippen LogP contribution in [0, 0.1) is 11.8 Å². The van der Waals surface area contributed by atoms with Crippen LogP contribution in [0.15, 0.2) is 18.2 Å². The second-order valence-electron chi connectivity index (χ2n) is 5.49. The third kappa shape index (κ3) is 4.00. The van der Waals surface area contributed by atoms with Gasteiger partial charge >= 0.3 is 18.3 Å². The van der Waals surface area contributed by atoms with Gasteiger partial charge < -0.3 is 10.0 Å². The molecule has 0 aliphatic carbocycles. The first-order chi connectivity index (χ1) is 11.3. The highest BCUT2D eigenvalue weighted by molar-refractivity contribution is 6.30. The van der Waals surface area contributed by atoms with E-state index >= 15 is 0 Å². The normalized spacial score (nSPS) is 21.5. The van der Waals surface area contributed by atoms with Gasteiger partial charge in [-0.25, -0.2) is 0 Å². The molecule has 1 aliphatic rings. The predicted octanol–water partition coefficient (Wildman–Crippen LogP) is 3.69. The lowest BCUT2D eigenvalue weighted by Gasteiger charge is -2.20. The number of hydrogen-bond donors (Lipinski definition) is 1. The van der Waals surface area contributed by atoms with E-state index in [1.165, 1.54) is 0 Å². The number of aliphatic carboxylic acids is 1. The Morgan fingerprint density at radius 3 is 2.16 bits per heavy atom. The smallest absolute Gasteiger partial charge is 0.417 e. The molecule has 0 aromatic heterocycles. The van der Waals surface area contributed by atoms with Crippen LogP contribution in [0.1, 0.15) is 15.9 Å². The van der Waals surface area contributed by atoms with Crippen LogP contribution in [0.4, 0.5) is 26.3 Å². The molecule has 2 rings (SSSR count). The lowest BCUT2D eigenvalue weighted by atomic mass is 9.96. The quantitative estimate of drug-likeness (QED) is 0.785. The molecular formula is C14H10ClF6NO3. The van der Waals surface area contributed by atoms with Gasteiger partial charge in [-0.05, 0) is 18.2 Å². The highest BCUT2D eigenvalue weighted by atomic mass is 35.5. The molecule has 1 N–H and O–H groups in total. The fraction of sp³-hybridized carbons (Fsp3) is 0.429. The zero-order valence-electron chi connectivity index (χ0n) is 12.2. The molecule has 1 aromatic rings. The van der Waals surface area contributed by atoms with Crippen LogP contribution in [0.5, 0.6) is 0 Å². The van der Waals surface area contributed by atoms with Gasteiger partial charge in [0.25, 0.3) is 5.91 Å². The van der Waals surface area contributed by atoms with Gasteiger partial charge in [0.2, 0.25) is 0 Å². The molecule has 138 valence electrons. The summed E-state index contributed by atoms with van der Waals surface area (Å²) in [4.78, 5) is 23.8. The molecule has 0 radical (unpaired) electrons. The number of carboxylic acid groups (broad SMARTS) is 1. The summed E-state index contributed by atoms with van der Waals surface area (Å²) in [5, 5.41) is 8.60. The van der Waals surface area contributed by atoms with E-state index in [1.807, 2.05) is 0 Å². The molecule has 25 heavy (non-hydrogen) atoms. The molecule has 1 aliphatic heterocycles. The Labute approximate surface area is 142 Å². The van der Waals surface area contributed by atoms with Crippen LogP contribution < -0.4 is 0 Å². The molecule has 4 nitrogen and oxygen atoms in total. The Bertz CT molecular complexity index is 703. The maximum atomic E-state index is 13.0. The van der Waals surface area contributed by atoms with E-state index in [1.54, 1.807) is 0 Å². The van der Waals surface area contributed by atoms with Crippen LogP contribution in [-0.4, -0.2) is 41.1 Å². The van der Waals surface area contributed by atoms with E-state index in [0.29, 0.717) is 11.0 Å². The van der Waals surface area contributed by atoms with E-state index in [2.05, 4.69) is 0 Å². The molecule has 0 saturated carbocycles. The van der Waals surface area contributed by atoms with Crippen molar-refractivity contribution in [3.05, 3.63) is 34.3 Å². The molecule has 0 unspecified atom stereocenters. The second kappa shape index (κ2) is 6.40. The molecule has 1 aromatic carbocycles. The lowest BCUT2D eigenvalue weighted by molar-refractivity contribution is -0.187. The van der Waals surface area contributed by atoms with E-state index in [9.17, 15) is 35.9 Å². The number of carboxylic acids is 1. The third-order valence-corrected chi connectivity index (χ3v) is 4.10. The standard InChI is InChI=1S/C14H10ClF6NO3/c15-6-1-2-7(9(3-6)13(16,17)18)11(23)22-4-8(12(24)25)10(5-22)14(19,20)21/h1-3,8,10H,4-5H2,(H,24,25)/t8-,10-/m1/s1. The molecular weight excluding hydrogens is 380 g/mol. The fourth-order valence-corrected chi connectivity index (χ4v) is 2.83. The van der Waals surface area contributed by atoms with Gasteiger partial charge in [0.05, 0.1) is 23.0 Å². The maximum Gasteiger partial charge on any atom is 0.417 e. The Kier molecular flexibility index (Phi) is 4.95. The van der Waals surface area contributed by atoms with Gasteiger partial charge in [-0.3, -0.25) is 9.59 Å². The molecule has 1 fully saturated rings. The zero-order valence-corrected chi connectivity index (χ0v) is 12.9. The summed E-state index contributed by atoms with van der Waals surface area (Å²) in [5.74, 6) is -7.40. The van der Waals surface area contributed by atoms with E-state index in [0.717, 1.165) is 12.1 Å². The van der Waals surface area contributed by atoms with E-state index in [-0.39, 0.29) is 5.02 Å². The number of alkyl halides is 6. The summed E-state index contributed by atoms with van der Waals surface area (Å²) < 4.78 is 77.9. The summed E-state index contributed by atoms with van der Waals surface area (Å²) in [6.07, 6.45) is -9.85. The minimum atomic E-state index is -4.95. The summed E-state index contributed by atoms with van der Waals surface area (Å²) in [6.45, 7) is -1.86. The van der Waals surface area contributed by atoms with Gasteiger partial charge in [-0.2, -0.15) is 26.3 Å². The molecule has 1 saturated heterocycles. The highest BCUT2D eigenvalue weighted by Gasteiger charge is 2.54. The minimum absolute atomic E-state index is 0.304. The number of halogens is 7.